The van der Waals surface area contributed by atoms with Crippen molar-refractivity contribution in [3.63, 3.8) is 0 Å². The minimum atomic E-state index is -0.708. The number of nitrogens with zero attached hydrogens (tertiary/aromatic N) is 4. The Balaban J connectivity index is 2.88. The molecule has 1 aromatic heterocycles. The van der Waals surface area contributed by atoms with Gasteiger partial charge in [0.15, 0.2) is 12.5 Å². The second-order valence-corrected chi connectivity index (χ2v) is 1.50. The molecular weight excluding hydrogens is 122 g/mol. The molecule has 0 N–H and O–H groups in total. The Morgan fingerprint density at radius 3 is 2.22 bits per heavy atom. The maximum atomic E-state index is 11.7. The lowest BCUT2D eigenvalue weighted by Crippen LogP contribution is -2.00. The molecule has 5 heteroatoms. The van der Waals surface area contributed by atoms with Crippen molar-refractivity contribution < 1.29 is 4.39 Å². The number of alkyl halides is 1. The standard InChI is InChI=1S/C4H5FN4/c1-3-6-8-4(2-5)9-7-3/h2H2,1H3/i5-1. The summed E-state index contributed by atoms with van der Waals surface area (Å²) in [6, 6.07) is 0. The summed E-state index contributed by atoms with van der Waals surface area (Å²) in [6.45, 7) is 0.933. The van der Waals surface area contributed by atoms with Crippen LogP contribution in [0.2, 0.25) is 0 Å². The molecule has 0 aliphatic carbocycles. The van der Waals surface area contributed by atoms with E-state index in [4.69, 9.17) is 0 Å². The highest BCUT2D eigenvalue weighted by Gasteiger charge is 1.93. The fraction of sp³-hybridized carbons (Fsp3) is 0.500. The molecule has 0 saturated heterocycles. The fourth-order valence-corrected chi connectivity index (χ4v) is 0.354. The summed E-state index contributed by atoms with van der Waals surface area (Å²) in [5.74, 6) is 0.479. The highest BCUT2D eigenvalue weighted by Crippen LogP contribution is 1.85. The van der Waals surface area contributed by atoms with E-state index in [9.17, 15) is 4.39 Å². The van der Waals surface area contributed by atoms with E-state index in [0.29, 0.717) is 5.82 Å². The van der Waals surface area contributed by atoms with Gasteiger partial charge in [-0.15, -0.1) is 20.4 Å². The first-order valence-corrected chi connectivity index (χ1v) is 2.42. The summed E-state index contributed by atoms with van der Waals surface area (Å²) in [5.41, 5.74) is 0. The van der Waals surface area contributed by atoms with Gasteiger partial charge in [0.1, 0.15) is 0 Å². The zero-order chi connectivity index (χ0) is 6.69. The second kappa shape index (κ2) is 2.43. The summed E-state index contributed by atoms with van der Waals surface area (Å²) in [5, 5.41) is 13.8. The van der Waals surface area contributed by atoms with Gasteiger partial charge >= 0.3 is 0 Å². The zero-order valence-electron chi connectivity index (χ0n) is 4.87. The summed E-state index contributed by atoms with van der Waals surface area (Å²) >= 11 is 0. The summed E-state index contributed by atoms with van der Waals surface area (Å²) < 4.78 is 11.7. The number of aryl methyl sites for hydroxylation is 1. The summed E-state index contributed by atoms with van der Waals surface area (Å²) in [4.78, 5) is 0. The van der Waals surface area contributed by atoms with Gasteiger partial charge in [0, 0.05) is 0 Å². The van der Waals surface area contributed by atoms with Gasteiger partial charge in [-0.05, 0) is 6.92 Å². The van der Waals surface area contributed by atoms with Crippen LogP contribution in [0.25, 0.3) is 0 Å². The molecule has 0 spiro atoms. The molecule has 0 aliphatic rings. The Hall–Kier alpha value is -1.13. The monoisotopic (exact) mass is 127 g/mol. The Morgan fingerprint density at radius 1 is 1.22 bits per heavy atom. The Bertz CT molecular complexity index is 184. The smallest absolute Gasteiger partial charge is 0.204 e. The van der Waals surface area contributed by atoms with E-state index in [0.717, 1.165) is 0 Å². The van der Waals surface area contributed by atoms with E-state index >= 15 is 0 Å². The van der Waals surface area contributed by atoms with Crippen molar-refractivity contribution in [3.05, 3.63) is 11.6 Å². The van der Waals surface area contributed by atoms with Gasteiger partial charge in [0.05, 0.1) is 0 Å². The Labute approximate surface area is 51.1 Å². The van der Waals surface area contributed by atoms with Gasteiger partial charge in [-0.3, -0.25) is 0 Å². The van der Waals surface area contributed by atoms with Crippen molar-refractivity contribution in [2.45, 2.75) is 13.6 Å². The molecule has 1 aromatic rings. The van der Waals surface area contributed by atoms with Crippen LogP contribution >= 0.6 is 0 Å². The van der Waals surface area contributed by atoms with Crippen molar-refractivity contribution >= 4 is 0 Å². The van der Waals surface area contributed by atoms with E-state index in [1.54, 1.807) is 6.92 Å². The topological polar surface area (TPSA) is 51.6 Å². The third-order valence-corrected chi connectivity index (χ3v) is 0.740. The van der Waals surface area contributed by atoms with E-state index in [1.807, 2.05) is 0 Å². The number of aromatic nitrogens is 4. The van der Waals surface area contributed by atoms with Gasteiger partial charge < -0.3 is 0 Å². The van der Waals surface area contributed by atoms with E-state index in [1.165, 1.54) is 0 Å². The molecule has 0 bridgehead atoms. The average molecular weight is 127 g/mol. The van der Waals surface area contributed by atoms with Crippen LogP contribution in [0.5, 0.6) is 0 Å². The van der Waals surface area contributed by atoms with Crippen LogP contribution in [-0.2, 0) is 6.67 Å². The number of halogens is 1. The molecular formula is C4H5FN4. The highest BCUT2D eigenvalue weighted by atomic mass is 18.2. The van der Waals surface area contributed by atoms with Gasteiger partial charge in [-0.2, -0.15) is 0 Å². The van der Waals surface area contributed by atoms with Crippen LogP contribution in [0, 0.1) is 6.92 Å². The van der Waals surface area contributed by atoms with Gasteiger partial charge in [-0.1, -0.05) is 0 Å². The zero-order valence-corrected chi connectivity index (χ0v) is 4.87. The molecule has 48 valence electrons. The number of rotatable bonds is 1. The van der Waals surface area contributed by atoms with Crippen molar-refractivity contribution in [1.29, 1.82) is 0 Å². The Kier molecular flexibility index (Phi) is 1.62. The lowest BCUT2D eigenvalue weighted by atomic mass is 10.7. The molecule has 0 amide bonds. The molecule has 9 heavy (non-hydrogen) atoms. The second-order valence-electron chi connectivity index (χ2n) is 1.50. The van der Waals surface area contributed by atoms with Crippen molar-refractivity contribution in [2.75, 3.05) is 0 Å². The molecule has 1 rings (SSSR count). The first kappa shape index (κ1) is 6.00. The lowest BCUT2D eigenvalue weighted by molar-refractivity contribution is 0.452. The van der Waals surface area contributed by atoms with Crippen LogP contribution in [0.3, 0.4) is 0 Å². The van der Waals surface area contributed by atoms with Crippen LogP contribution in [-0.4, -0.2) is 20.4 Å². The molecule has 0 radical (unpaired) electrons. The molecule has 4 nitrogen and oxygen atoms in total. The largest absolute Gasteiger partial charge is 0.242 e. The Morgan fingerprint density at radius 2 is 1.78 bits per heavy atom. The normalized spacial score (nSPS) is 9.56. The van der Waals surface area contributed by atoms with Gasteiger partial charge in [0.2, 0.25) is 5.82 Å². The quantitative estimate of drug-likeness (QED) is 0.534. The highest BCUT2D eigenvalue weighted by molar-refractivity contribution is 4.76. The first-order chi connectivity index (χ1) is 4.33. The molecule has 0 atom stereocenters. The summed E-state index contributed by atoms with van der Waals surface area (Å²) in [7, 11) is 0. The van der Waals surface area contributed by atoms with E-state index in [-0.39, 0.29) is 5.82 Å². The maximum absolute atomic E-state index is 11.7. The van der Waals surface area contributed by atoms with Crippen molar-refractivity contribution in [3.8, 4) is 0 Å². The molecule has 0 saturated carbocycles. The molecule has 1 heterocycles. The molecule has 0 unspecified atom stereocenters. The third-order valence-electron chi connectivity index (χ3n) is 0.740. The predicted octanol–water partition coefficient (Wildman–Crippen LogP) is 0.0445. The third kappa shape index (κ3) is 1.38. The molecule has 0 aliphatic heterocycles. The summed E-state index contributed by atoms with van der Waals surface area (Å²) in [6.07, 6.45) is 0. The van der Waals surface area contributed by atoms with E-state index in [2.05, 4.69) is 20.4 Å². The number of hydrogen-bond donors (Lipinski definition) is 0. The minimum absolute atomic E-state index is 0.0283. The van der Waals surface area contributed by atoms with Crippen molar-refractivity contribution in [1.82, 2.24) is 20.4 Å². The van der Waals surface area contributed by atoms with E-state index < -0.39 is 6.67 Å². The predicted molar refractivity (Wildman–Crippen MR) is 27.2 cm³/mol. The van der Waals surface area contributed by atoms with Crippen LogP contribution in [0.15, 0.2) is 0 Å². The van der Waals surface area contributed by atoms with Crippen LogP contribution < -0.4 is 0 Å². The minimum Gasteiger partial charge on any atom is -0.242 e. The maximum Gasteiger partial charge on any atom is 0.204 e. The average Bonchev–Trinajstić information content (AvgIpc) is 1.90. The first-order valence-electron chi connectivity index (χ1n) is 2.42. The molecule has 0 aromatic carbocycles. The number of hydrogen-bond acceptors (Lipinski definition) is 4. The van der Waals surface area contributed by atoms with Crippen LogP contribution in [0.4, 0.5) is 4.39 Å². The molecule has 0 fully saturated rings. The van der Waals surface area contributed by atoms with Gasteiger partial charge in [0.25, 0.3) is 0 Å². The fourth-order valence-electron chi connectivity index (χ4n) is 0.354. The SMILES string of the molecule is Cc1nnc(C[18F])nn1. The lowest BCUT2D eigenvalue weighted by Gasteiger charge is -1.87. The van der Waals surface area contributed by atoms with Gasteiger partial charge in [-0.25, -0.2) is 4.39 Å². The van der Waals surface area contributed by atoms with Crippen molar-refractivity contribution in [2.24, 2.45) is 0 Å². The van der Waals surface area contributed by atoms with Crippen LogP contribution in [0.1, 0.15) is 11.6 Å².